The number of imidazole rings is 1. The molecule has 1 heterocycles. The van der Waals surface area contributed by atoms with Crippen LogP contribution in [0.5, 0.6) is 0 Å². The molecule has 0 spiro atoms. The number of nitrogens with zero attached hydrogens (tertiary/aromatic N) is 1. The Hall–Kier alpha value is -1.57. The molecule has 0 aliphatic carbocycles. The second-order valence-electron chi connectivity index (χ2n) is 4.78. The van der Waals surface area contributed by atoms with Gasteiger partial charge in [0.25, 0.3) is 5.82 Å². The van der Waals surface area contributed by atoms with E-state index in [1.807, 2.05) is 6.20 Å². The number of aromatic nitrogens is 2. The summed E-state index contributed by atoms with van der Waals surface area (Å²) in [6, 6.07) is 4.50. The fourth-order valence-corrected chi connectivity index (χ4v) is 2.56. The Morgan fingerprint density at radius 2 is 1.76 bits per heavy atom. The molecule has 0 unspecified atom stereocenters. The van der Waals surface area contributed by atoms with Gasteiger partial charge in [0.15, 0.2) is 0 Å². The number of hydrogen-bond donors (Lipinski definition) is 1. The summed E-state index contributed by atoms with van der Waals surface area (Å²) in [4.78, 5) is 3.37. The van der Waals surface area contributed by atoms with Gasteiger partial charge in [-0.05, 0) is 38.3 Å². The highest BCUT2D eigenvalue weighted by Gasteiger charge is 2.17. The molecule has 0 aliphatic heterocycles. The summed E-state index contributed by atoms with van der Waals surface area (Å²) < 4.78 is 2.30. The molecular weight excluding hydrogens is 208 g/mol. The van der Waals surface area contributed by atoms with E-state index in [2.05, 4.69) is 55.6 Å². The lowest BCUT2D eigenvalue weighted by Crippen LogP contribution is -2.33. The Bertz CT molecular complexity index is 500. The van der Waals surface area contributed by atoms with Crippen molar-refractivity contribution in [2.24, 2.45) is 0 Å². The van der Waals surface area contributed by atoms with Gasteiger partial charge in [-0.3, -0.25) is 0 Å². The lowest BCUT2D eigenvalue weighted by molar-refractivity contribution is -0.684. The largest absolute Gasteiger partial charge is 0.287 e. The van der Waals surface area contributed by atoms with Crippen molar-refractivity contribution in [2.75, 3.05) is 0 Å². The van der Waals surface area contributed by atoms with Crippen LogP contribution in [0.4, 0.5) is 0 Å². The first-order valence-corrected chi connectivity index (χ1v) is 6.28. The molecule has 1 aromatic heterocycles. The van der Waals surface area contributed by atoms with Crippen LogP contribution in [0.25, 0.3) is 11.4 Å². The molecule has 90 valence electrons. The summed E-state index contributed by atoms with van der Waals surface area (Å²) in [6.07, 6.45) is 5.29. The summed E-state index contributed by atoms with van der Waals surface area (Å²) in [5.74, 6) is 1.22. The fraction of sp³-hybridized carbons (Fsp3) is 0.400. The highest BCUT2D eigenvalue weighted by atomic mass is 15.1. The first-order chi connectivity index (χ1) is 8.13. The minimum Gasteiger partial charge on any atom is -0.243 e. The van der Waals surface area contributed by atoms with Crippen LogP contribution in [0.2, 0.25) is 0 Å². The highest BCUT2D eigenvalue weighted by Crippen LogP contribution is 2.24. The number of nitrogens with one attached hydrogen (secondary N) is 1. The van der Waals surface area contributed by atoms with E-state index in [1.165, 1.54) is 28.1 Å². The Kier molecular flexibility index (Phi) is 3.32. The molecule has 0 saturated heterocycles. The van der Waals surface area contributed by atoms with Gasteiger partial charge >= 0.3 is 0 Å². The van der Waals surface area contributed by atoms with E-state index in [0.29, 0.717) is 0 Å². The summed E-state index contributed by atoms with van der Waals surface area (Å²) in [7, 11) is 0. The van der Waals surface area contributed by atoms with Crippen LogP contribution in [0.15, 0.2) is 24.5 Å². The number of hydrogen-bond acceptors (Lipinski definition) is 0. The van der Waals surface area contributed by atoms with Crippen LogP contribution in [-0.2, 0) is 6.54 Å². The van der Waals surface area contributed by atoms with Crippen molar-refractivity contribution < 1.29 is 4.57 Å². The van der Waals surface area contributed by atoms with Gasteiger partial charge < -0.3 is 0 Å². The highest BCUT2D eigenvalue weighted by molar-refractivity contribution is 5.63. The fourth-order valence-electron chi connectivity index (χ4n) is 2.56. The lowest BCUT2D eigenvalue weighted by atomic mass is 9.99. The third-order valence-electron chi connectivity index (χ3n) is 3.14. The number of H-pyrrole nitrogens is 1. The van der Waals surface area contributed by atoms with E-state index in [9.17, 15) is 0 Å². The normalized spacial score (nSPS) is 10.8. The molecule has 2 rings (SSSR count). The van der Waals surface area contributed by atoms with Crippen LogP contribution >= 0.6 is 0 Å². The van der Waals surface area contributed by atoms with Crippen LogP contribution in [0.1, 0.15) is 30.0 Å². The molecule has 0 fully saturated rings. The molecule has 1 aromatic carbocycles. The Labute approximate surface area is 103 Å². The molecule has 0 atom stereocenters. The van der Waals surface area contributed by atoms with E-state index in [4.69, 9.17) is 0 Å². The third-order valence-corrected chi connectivity index (χ3v) is 3.14. The average Bonchev–Trinajstić information content (AvgIpc) is 2.65. The van der Waals surface area contributed by atoms with Crippen molar-refractivity contribution in [3.8, 4) is 11.4 Å². The molecule has 2 nitrogen and oxygen atoms in total. The molecule has 2 heteroatoms. The third kappa shape index (κ3) is 2.26. The molecule has 2 aromatic rings. The van der Waals surface area contributed by atoms with Crippen molar-refractivity contribution in [1.82, 2.24) is 4.98 Å². The first kappa shape index (κ1) is 11.9. The Balaban J connectivity index is 2.56. The number of aryl methyl sites for hydroxylation is 4. The summed E-state index contributed by atoms with van der Waals surface area (Å²) in [5.41, 5.74) is 5.36. The van der Waals surface area contributed by atoms with E-state index < -0.39 is 0 Å². The van der Waals surface area contributed by atoms with Crippen molar-refractivity contribution >= 4 is 0 Å². The van der Waals surface area contributed by atoms with E-state index in [0.717, 1.165) is 13.0 Å². The second kappa shape index (κ2) is 4.74. The molecule has 0 radical (unpaired) electrons. The zero-order valence-electron chi connectivity index (χ0n) is 11.2. The lowest BCUT2D eigenvalue weighted by Gasteiger charge is -2.08. The standard InChI is InChI=1S/C15H20N2/c1-5-7-17-8-6-16-15(17)14-12(3)9-11(2)10-13(14)4/h6,8-10H,5,7H2,1-4H3/p+1. The van der Waals surface area contributed by atoms with E-state index >= 15 is 0 Å². The van der Waals surface area contributed by atoms with E-state index in [-0.39, 0.29) is 0 Å². The molecule has 0 bridgehead atoms. The first-order valence-electron chi connectivity index (χ1n) is 6.28. The second-order valence-corrected chi connectivity index (χ2v) is 4.78. The monoisotopic (exact) mass is 229 g/mol. The van der Waals surface area contributed by atoms with Gasteiger partial charge in [-0.1, -0.05) is 24.6 Å². The summed E-state index contributed by atoms with van der Waals surface area (Å²) >= 11 is 0. The molecule has 0 amide bonds. The smallest absolute Gasteiger partial charge is 0.243 e. The van der Waals surface area contributed by atoms with Crippen LogP contribution < -0.4 is 4.57 Å². The number of benzene rings is 1. The van der Waals surface area contributed by atoms with Gasteiger partial charge in [0.2, 0.25) is 0 Å². The van der Waals surface area contributed by atoms with Crippen LogP contribution in [0.3, 0.4) is 0 Å². The topological polar surface area (TPSA) is 19.7 Å². The van der Waals surface area contributed by atoms with Crippen LogP contribution in [-0.4, -0.2) is 4.98 Å². The molecular formula is C15H21N2+. The van der Waals surface area contributed by atoms with Crippen molar-refractivity contribution in [3.63, 3.8) is 0 Å². The molecule has 0 aliphatic rings. The molecule has 17 heavy (non-hydrogen) atoms. The summed E-state index contributed by atoms with van der Waals surface area (Å²) in [6.45, 7) is 9.79. The Morgan fingerprint density at radius 1 is 1.12 bits per heavy atom. The minimum atomic E-state index is 1.06. The zero-order valence-corrected chi connectivity index (χ0v) is 11.2. The van der Waals surface area contributed by atoms with Gasteiger partial charge in [0.1, 0.15) is 12.4 Å². The maximum Gasteiger partial charge on any atom is 0.287 e. The van der Waals surface area contributed by atoms with Gasteiger partial charge in [0.05, 0.1) is 12.1 Å². The average molecular weight is 229 g/mol. The zero-order chi connectivity index (χ0) is 12.4. The Morgan fingerprint density at radius 3 is 2.35 bits per heavy atom. The molecule has 1 N–H and O–H groups in total. The van der Waals surface area contributed by atoms with Crippen LogP contribution in [0, 0.1) is 20.8 Å². The predicted molar refractivity (Wildman–Crippen MR) is 70.9 cm³/mol. The summed E-state index contributed by atoms with van der Waals surface area (Å²) in [5, 5.41) is 0. The van der Waals surface area contributed by atoms with Crippen molar-refractivity contribution in [2.45, 2.75) is 40.7 Å². The van der Waals surface area contributed by atoms with Gasteiger partial charge in [0, 0.05) is 0 Å². The number of aromatic amines is 1. The molecule has 0 saturated carbocycles. The predicted octanol–water partition coefficient (Wildman–Crippen LogP) is 3.30. The van der Waals surface area contributed by atoms with Gasteiger partial charge in [-0.15, -0.1) is 0 Å². The minimum absolute atomic E-state index is 1.06. The maximum atomic E-state index is 3.37. The van der Waals surface area contributed by atoms with Crippen molar-refractivity contribution in [1.29, 1.82) is 0 Å². The maximum absolute atomic E-state index is 3.37. The number of rotatable bonds is 3. The SMILES string of the molecule is CCC[n+]1cc[nH]c1-c1c(C)cc(C)cc1C. The van der Waals surface area contributed by atoms with Gasteiger partial charge in [-0.2, -0.15) is 0 Å². The van der Waals surface area contributed by atoms with E-state index in [1.54, 1.807) is 0 Å². The quantitative estimate of drug-likeness (QED) is 0.779. The van der Waals surface area contributed by atoms with Crippen molar-refractivity contribution in [3.05, 3.63) is 41.2 Å². The van der Waals surface area contributed by atoms with Gasteiger partial charge in [-0.25, -0.2) is 9.55 Å².